The predicted molar refractivity (Wildman–Crippen MR) is 95.1 cm³/mol. The molecule has 0 fully saturated rings. The topological polar surface area (TPSA) is 12.0 Å². The number of rotatable bonds is 6. The third-order valence-corrected chi connectivity index (χ3v) is 4.13. The maximum atomic E-state index is 6.10. The van der Waals surface area contributed by atoms with Gasteiger partial charge in [-0.2, -0.15) is 0 Å². The minimum atomic E-state index is 0.305. The highest BCUT2D eigenvalue weighted by Gasteiger charge is 2.13. The number of hydrogen-bond donors (Lipinski definition) is 1. The van der Waals surface area contributed by atoms with E-state index in [9.17, 15) is 0 Å². The van der Waals surface area contributed by atoms with Crippen LogP contribution in [0.25, 0.3) is 0 Å². The minimum Gasteiger partial charge on any atom is -0.310 e. The van der Waals surface area contributed by atoms with Crippen molar-refractivity contribution in [2.45, 2.75) is 32.7 Å². The van der Waals surface area contributed by atoms with E-state index in [1.807, 2.05) is 18.2 Å². The molecule has 0 aliphatic heterocycles. The van der Waals surface area contributed by atoms with Crippen molar-refractivity contribution in [3.05, 3.63) is 68.7 Å². The number of halogens is 2. The quantitative estimate of drug-likeness (QED) is 0.692. The van der Waals surface area contributed by atoms with Crippen LogP contribution in [0.3, 0.4) is 0 Å². The SMILES string of the molecule is CCCNC(Cc1cccc(Cl)c1)c1cc(C)cc(Br)c1. The zero-order chi connectivity index (χ0) is 15.2. The van der Waals surface area contributed by atoms with E-state index in [0.717, 1.165) is 28.9 Å². The monoisotopic (exact) mass is 365 g/mol. The molecule has 1 N–H and O–H groups in total. The zero-order valence-corrected chi connectivity index (χ0v) is 14.8. The van der Waals surface area contributed by atoms with Crippen molar-refractivity contribution in [2.24, 2.45) is 0 Å². The molecule has 0 spiro atoms. The van der Waals surface area contributed by atoms with E-state index in [4.69, 9.17) is 11.6 Å². The van der Waals surface area contributed by atoms with Crippen LogP contribution in [-0.2, 0) is 6.42 Å². The second-order valence-electron chi connectivity index (χ2n) is 5.40. The average Bonchev–Trinajstić information content (AvgIpc) is 2.42. The van der Waals surface area contributed by atoms with Gasteiger partial charge < -0.3 is 5.32 Å². The van der Waals surface area contributed by atoms with E-state index in [-0.39, 0.29) is 0 Å². The summed E-state index contributed by atoms with van der Waals surface area (Å²) in [5, 5.41) is 4.44. The van der Waals surface area contributed by atoms with Crippen LogP contribution in [0.5, 0.6) is 0 Å². The molecule has 1 atom stereocenters. The predicted octanol–water partition coefficient (Wildman–Crippen LogP) is 5.69. The Hall–Kier alpha value is -0.830. The fourth-order valence-corrected chi connectivity index (χ4v) is 3.33. The smallest absolute Gasteiger partial charge is 0.0408 e. The molecule has 0 radical (unpaired) electrons. The summed E-state index contributed by atoms with van der Waals surface area (Å²) in [7, 11) is 0. The summed E-state index contributed by atoms with van der Waals surface area (Å²) in [6.45, 7) is 5.33. The van der Waals surface area contributed by atoms with Gasteiger partial charge in [-0.3, -0.25) is 0 Å². The number of nitrogens with one attached hydrogen (secondary N) is 1. The zero-order valence-electron chi connectivity index (χ0n) is 12.5. The molecular weight excluding hydrogens is 346 g/mol. The Morgan fingerprint density at radius 1 is 1.19 bits per heavy atom. The minimum absolute atomic E-state index is 0.305. The van der Waals surface area contributed by atoms with Gasteiger partial charge in [0.05, 0.1) is 0 Å². The Morgan fingerprint density at radius 2 is 2.00 bits per heavy atom. The molecule has 0 amide bonds. The summed E-state index contributed by atoms with van der Waals surface area (Å²) in [5.41, 5.74) is 3.85. The van der Waals surface area contributed by atoms with E-state index in [1.54, 1.807) is 0 Å². The summed E-state index contributed by atoms with van der Waals surface area (Å²) in [4.78, 5) is 0. The molecule has 0 saturated carbocycles. The third kappa shape index (κ3) is 5.14. The van der Waals surface area contributed by atoms with Gasteiger partial charge in [-0.15, -0.1) is 0 Å². The molecule has 0 aromatic heterocycles. The van der Waals surface area contributed by atoms with Crippen molar-refractivity contribution in [3.63, 3.8) is 0 Å². The lowest BCUT2D eigenvalue weighted by atomic mass is 9.97. The third-order valence-electron chi connectivity index (χ3n) is 3.44. The molecule has 0 aliphatic rings. The molecule has 0 heterocycles. The highest BCUT2D eigenvalue weighted by atomic mass is 79.9. The second kappa shape index (κ2) is 7.98. The molecule has 1 unspecified atom stereocenters. The first-order valence-electron chi connectivity index (χ1n) is 7.33. The van der Waals surface area contributed by atoms with Crippen LogP contribution < -0.4 is 5.32 Å². The van der Waals surface area contributed by atoms with Gasteiger partial charge in [0.1, 0.15) is 0 Å². The first-order chi connectivity index (χ1) is 10.1. The molecule has 21 heavy (non-hydrogen) atoms. The highest BCUT2D eigenvalue weighted by Crippen LogP contribution is 2.24. The number of aryl methyl sites for hydroxylation is 1. The van der Waals surface area contributed by atoms with Crippen LogP contribution in [-0.4, -0.2) is 6.54 Å². The van der Waals surface area contributed by atoms with Crippen molar-refractivity contribution in [1.82, 2.24) is 5.32 Å². The lowest BCUT2D eigenvalue weighted by Crippen LogP contribution is -2.24. The van der Waals surface area contributed by atoms with Gasteiger partial charge in [-0.25, -0.2) is 0 Å². The lowest BCUT2D eigenvalue weighted by molar-refractivity contribution is 0.529. The van der Waals surface area contributed by atoms with Crippen LogP contribution >= 0.6 is 27.5 Å². The van der Waals surface area contributed by atoms with Crippen LogP contribution in [0.2, 0.25) is 5.02 Å². The molecule has 3 heteroatoms. The van der Waals surface area contributed by atoms with Crippen LogP contribution in [0.4, 0.5) is 0 Å². The summed E-state index contributed by atoms with van der Waals surface area (Å²) in [6, 6.07) is 15.0. The second-order valence-corrected chi connectivity index (χ2v) is 6.75. The summed E-state index contributed by atoms with van der Waals surface area (Å²) in [5.74, 6) is 0. The number of benzene rings is 2. The normalized spacial score (nSPS) is 12.4. The number of hydrogen-bond acceptors (Lipinski definition) is 1. The van der Waals surface area contributed by atoms with E-state index in [2.05, 4.69) is 59.4 Å². The van der Waals surface area contributed by atoms with Crippen LogP contribution in [0.15, 0.2) is 46.9 Å². The van der Waals surface area contributed by atoms with Gasteiger partial charge in [0, 0.05) is 15.5 Å². The van der Waals surface area contributed by atoms with Gasteiger partial charge in [0.25, 0.3) is 0 Å². The lowest BCUT2D eigenvalue weighted by Gasteiger charge is -2.20. The molecule has 0 bridgehead atoms. The first-order valence-corrected chi connectivity index (χ1v) is 8.50. The molecule has 0 aliphatic carbocycles. The van der Waals surface area contributed by atoms with Crippen molar-refractivity contribution in [3.8, 4) is 0 Å². The van der Waals surface area contributed by atoms with E-state index >= 15 is 0 Å². The van der Waals surface area contributed by atoms with Gasteiger partial charge >= 0.3 is 0 Å². The Bertz CT molecular complexity index is 577. The summed E-state index contributed by atoms with van der Waals surface area (Å²) in [6.07, 6.45) is 2.06. The maximum Gasteiger partial charge on any atom is 0.0408 e. The van der Waals surface area contributed by atoms with Gasteiger partial charge in [-0.1, -0.05) is 52.7 Å². The van der Waals surface area contributed by atoms with Crippen molar-refractivity contribution >= 4 is 27.5 Å². The van der Waals surface area contributed by atoms with E-state index in [1.165, 1.54) is 16.7 Å². The standard InChI is InChI=1S/C18H21BrClN/c1-3-7-21-18(11-14-5-4-6-17(20)10-14)15-8-13(2)9-16(19)12-15/h4-6,8-10,12,18,21H,3,7,11H2,1-2H3. The molecule has 2 aromatic rings. The first kappa shape index (κ1) is 16.5. The van der Waals surface area contributed by atoms with Crippen molar-refractivity contribution < 1.29 is 0 Å². The molecule has 112 valence electrons. The van der Waals surface area contributed by atoms with E-state index in [0.29, 0.717) is 6.04 Å². The van der Waals surface area contributed by atoms with Crippen molar-refractivity contribution in [2.75, 3.05) is 6.54 Å². The molecule has 2 aromatic carbocycles. The summed E-state index contributed by atoms with van der Waals surface area (Å²) >= 11 is 9.70. The average molecular weight is 367 g/mol. The Morgan fingerprint density at radius 3 is 2.67 bits per heavy atom. The Kier molecular flexibility index (Phi) is 6.28. The Balaban J connectivity index is 2.25. The van der Waals surface area contributed by atoms with Crippen molar-refractivity contribution in [1.29, 1.82) is 0 Å². The molecule has 2 rings (SSSR count). The summed E-state index contributed by atoms with van der Waals surface area (Å²) < 4.78 is 1.13. The molecule has 1 nitrogen and oxygen atoms in total. The fourth-order valence-electron chi connectivity index (χ4n) is 2.49. The van der Waals surface area contributed by atoms with Gasteiger partial charge in [-0.05, 0) is 67.3 Å². The van der Waals surface area contributed by atoms with Gasteiger partial charge in [0.15, 0.2) is 0 Å². The molecular formula is C18H21BrClN. The van der Waals surface area contributed by atoms with Crippen LogP contribution in [0, 0.1) is 6.92 Å². The van der Waals surface area contributed by atoms with E-state index < -0.39 is 0 Å². The molecule has 0 saturated heterocycles. The Labute approximate surface area is 140 Å². The highest BCUT2D eigenvalue weighted by molar-refractivity contribution is 9.10. The largest absolute Gasteiger partial charge is 0.310 e. The van der Waals surface area contributed by atoms with Crippen LogP contribution in [0.1, 0.15) is 36.1 Å². The maximum absolute atomic E-state index is 6.10. The van der Waals surface area contributed by atoms with Gasteiger partial charge in [0.2, 0.25) is 0 Å². The fraction of sp³-hybridized carbons (Fsp3) is 0.333.